The topological polar surface area (TPSA) is 83.9 Å². The minimum absolute atomic E-state index is 0.0475. The van der Waals surface area contributed by atoms with Crippen molar-refractivity contribution in [3.8, 4) is 0 Å². The van der Waals surface area contributed by atoms with Gasteiger partial charge in [-0.2, -0.15) is 0 Å². The number of halogens is 1. The maximum Gasteiger partial charge on any atom is 0.320 e. The molecule has 0 bridgehead atoms. The monoisotopic (exact) mass is 373 g/mol. The van der Waals surface area contributed by atoms with E-state index >= 15 is 0 Å². The van der Waals surface area contributed by atoms with E-state index in [1.807, 2.05) is 4.90 Å². The van der Waals surface area contributed by atoms with Gasteiger partial charge in [-0.05, 0) is 31.4 Å². The van der Waals surface area contributed by atoms with Crippen molar-refractivity contribution in [2.75, 3.05) is 19.8 Å². The first-order valence-electron chi connectivity index (χ1n) is 7.96. The molecule has 1 aromatic rings. The first-order chi connectivity index (χ1) is 11.4. The third kappa shape index (κ3) is 3.31. The molecule has 2 heterocycles. The van der Waals surface area contributed by atoms with Crippen LogP contribution in [0.2, 0.25) is 5.02 Å². The maximum atomic E-state index is 12.9. The van der Waals surface area contributed by atoms with Crippen LogP contribution in [-0.4, -0.2) is 61.5 Å². The second-order valence-corrected chi connectivity index (χ2v) is 8.83. The standard InChI is InChI=1S/C16H20ClNO5S/c17-13-3-1-2-4-15(13)24(21,22)12-9-14(16(19)20)18(10-12)11-5-7-23-8-6-11/h1-4,11-12,14H,5-10H2,(H,19,20)/t12-,14+/m1/s1. The number of carbonyl (C=O) groups is 1. The summed E-state index contributed by atoms with van der Waals surface area (Å²) in [6.45, 7) is 1.38. The number of hydrogen-bond acceptors (Lipinski definition) is 5. The van der Waals surface area contributed by atoms with Crippen LogP contribution in [0.4, 0.5) is 0 Å². The van der Waals surface area contributed by atoms with E-state index in [1.165, 1.54) is 12.1 Å². The molecule has 1 aromatic carbocycles. The zero-order valence-corrected chi connectivity index (χ0v) is 14.7. The lowest BCUT2D eigenvalue weighted by Crippen LogP contribution is -2.46. The largest absolute Gasteiger partial charge is 0.480 e. The second-order valence-electron chi connectivity index (χ2n) is 6.23. The van der Waals surface area contributed by atoms with Crippen LogP contribution in [-0.2, 0) is 19.4 Å². The molecule has 0 aromatic heterocycles. The number of carboxylic acid groups (broad SMARTS) is 1. The zero-order valence-electron chi connectivity index (χ0n) is 13.1. The first-order valence-corrected chi connectivity index (χ1v) is 9.88. The van der Waals surface area contributed by atoms with Crippen molar-refractivity contribution in [2.45, 2.75) is 41.5 Å². The first kappa shape index (κ1) is 17.7. The molecular weight excluding hydrogens is 354 g/mol. The van der Waals surface area contributed by atoms with Crippen LogP contribution in [0.1, 0.15) is 19.3 Å². The molecule has 2 atom stereocenters. The van der Waals surface area contributed by atoms with Gasteiger partial charge < -0.3 is 9.84 Å². The molecule has 0 unspecified atom stereocenters. The Morgan fingerprint density at radius 3 is 2.54 bits per heavy atom. The Labute approximate surface area is 146 Å². The van der Waals surface area contributed by atoms with Gasteiger partial charge in [0, 0.05) is 25.8 Å². The smallest absolute Gasteiger partial charge is 0.320 e. The van der Waals surface area contributed by atoms with Gasteiger partial charge in [0.25, 0.3) is 0 Å². The van der Waals surface area contributed by atoms with E-state index in [4.69, 9.17) is 16.3 Å². The molecular formula is C16H20ClNO5S. The van der Waals surface area contributed by atoms with E-state index in [-0.39, 0.29) is 28.9 Å². The summed E-state index contributed by atoms with van der Waals surface area (Å²) in [6.07, 6.45) is 1.53. The van der Waals surface area contributed by atoms with Gasteiger partial charge in [-0.25, -0.2) is 8.42 Å². The van der Waals surface area contributed by atoms with Crippen LogP contribution < -0.4 is 0 Å². The number of likely N-dealkylation sites (tertiary alicyclic amines) is 1. The van der Waals surface area contributed by atoms with E-state index in [0.29, 0.717) is 13.2 Å². The van der Waals surface area contributed by atoms with Gasteiger partial charge >= 0.3 is 5.97 Å². The summed E-state index contributed by atoms with van der Waals surface area (Å²) < 4.78 is 31.2. The van der Waals surface area contributed by atoms with Gasteiger partial charge in [-0.3, -0.25) is 9.69 Å². The molecule has 2 aliphatic heterocycles. The van der Waals surface area contributed by atoms with Crippen LogP contribution in [0, 0.1) is 0 Å². The number of hydrogen-bond donors (Lipinski definition) is 1. The highest BCUT2D eigenvalue weighted by Crippen LogP contribution is 2.34. The van der Waals surface area contributed by atoms with Crippen LogP contribution in [0.5, 0.6) is 0 Å². The van der Waals surface area contributed by atoms with E-state index in [2.05, 4.69) is 0 Å². The van der Waals surface area contributed by atoms with Crippen LogP contribution in [0.25, 0.3) is 0 Å². The Kier molecular flexibility index (Phi) is 5.15. The predicted molar refractivity (Wildman–Crippen MR) is 89.0 cm³/mol. The molecule has 6 nitrogen and oxygen atoms in total. The van der Waals surface area contributed by atoms with Gasteiger partial charge in [0.05, 0.1) is 15.2 Å². The fourth-order valence-electron chi connectivity index (χ4n) is 3.56. The Bertz CT molecular complexity index is 717. The molecule has 0 saturated carbocycles. The van der Waals surface area contributed by atoms with E-state index < -0.39 is 27.1 Å². The van der Waals surface area contributed by atoms with Gasteiger partial charge in [0.2, 0.25) is 0 Å². The summed E-state index contributed by atoms with van der Waals surface area (Å²) in [5.41, 5.74) is 0. The highest BCUT2D eigenvalue weighted by atomic mass is 35.5. The van der Waals surface area contributed by atoms with E-state index in [0.717, 1.165) is 12.8 Å². The van der Waals surface area contributed by atoms with Gasteiger partial charge in [0.1, 0.15) is 6.04 Å². The Morgan fingerprint density at radius 2 is 1.92 bits per heavy atom. The van der Waals surface area contributed by atoms with E-state index in [9.17, 15) is 18.3 Å². The number of carboxylic acids is 1. The lowest BCUT2D eigenvalue weighted by atomic mass is 10.1. The third-order valence-electron chi connectivity index (χ3n) is 4.83. The lowest BCUT2D eigenvalue weighted by molar-refractivity contribution is -0.143. The molecule has 0 radical (unpaired) electrons. The van der Waals surface area contributed by atoms with Crippen molar-refractivity contribution < 1.29 is 23.1 Å². The Hall–Kier alpha value is -1.15. The lowest BCUT2D eigenvalue weighted by Gasteiger charge is -2.33. The Morgan fingerprint density at radius 1 is 1.25 bits per heavy atom. The van der Waals surface area contributed by atoms with Crippen molar-refractivity contribution in [3.63, 3.8) is 0 Å². The van der Waals surface area contributed by atoms with Crippen molar-refractivity contribution in [1.82, 2.24) is 4.90 Å². The maximum absolute atomic E-state index is 12.9. The minimum Gasteiger partial charge on any atom is -0.480 e. The number of benzene rings is 1. The summed E-state index contributed by atoms with van der Waals surface area (Å²) in [6, 6.07) is 5.57. The highest BCUT2D eigenvalue weighted by Gasteiger charge is 2.46. The molecule has 3 rings (SSSR count). The fourth-order valence-corrected chi connectivity index (χ4v) is 5.79. The molecule has 0 aliphatic carbocycles. The molecule has 2 saturated heterocycles. The molecule has 2 aliphatic rings. The minimum atomic E-state index is -3.68. The number of nitrogens with zero attached hydrogens (tertiary/aromatic N) is 1. The van der Waals surface area contributed by atoms with Gasteiger partial charge in [-0.15, -0.1) is 0 Å². The molecule has 24 heavy (non-hydrogen) atoms. The van der Waals surface area contributed by atoms with Crippen molar-refractivity contribution in [1.29, 1.82) is 0 Å². The zero-order chi connectivity index (χ0) is 17.3. The van der Waals surface area contributed by atoms with Gasteiger partial charge in [-0.1, -0.05) is 23.7 Å². The summed E-state index contributed by atoms with van der Waals surface area (Å²) in [5, 5.41) is 8.94. The summed E-state index contributed by atoms with van der Waals surface area (Å²) in [5.74, 6) is -0.974. The summed E-state index contributed by atoms with van der Waals surface area (Å²) in [7, 11) is -3.68. The fraction of sp³-hybridized carbons (Fsp3) is 0.562. The van der Waals surface area contributed by atoms with Crippen molar-refractivity contribution >= 4 is 27.4 Å². The quantitative estimate of drug-likeness (QED) is 0.866. The third-order valence-corrected chi connectivity index (χ3v) is 7.46. The molecule has 2 fully saturated rings. The molecule has 8 heteroatoms. The van der Waals surface area contributed by atoms with Gasteiger partial charge in [0.15, 0.2) is 9.84 Å². The van der Waals surface area contributed by atoms with Crippen LogP contribution >= 0.6 is 11.6 Å². The van der Waals surface area contributed by atoms with Crippen molar-refractivity contribution in [2.24, 2.45) is 0 Å². The summed E-state index contributed by atoms with van der Waals surface area (Å²) >= 11 is 6.05. The predicted octanol–water partition coefficient (Wildman–Crippen LogP) is 1.82. The van der Waals surface area contributed by atoms with Crippen LogP contribution in [0.3, 0.4) is 0 Å². The van der Waals surface area contributed by atoms with Crippen LogP contribution in [0.15, 0.2) is 29.2 Å². The molecule has 0 spiro atoms. The normalized spacial score (nSPS) is 26.5. The Balaban J connectivity index is 1.87. The van der Waals surface area contributed by atoms with E-state index in [1.54, 1.807) is 12.1 Å². The number of rotatable bonds is 4. The molecule has 132 valence electrons. The molecule has 1 N–H and O–H groups in total. The number of sulfone groups is 1. The SMILES string of the molecule is O=C(O)[C@@H]1C[C@@H](S(=O)(=O)c2ccccc2Cl)CN1C1CCOCC1. The number of ether oxygens (including phenoxy) is 1. The molecule has 0 amide bonds. The highest BCUT2D eigenvalue weighted by molar-refractivity contribution is 7.92. The second kappa shape index (κ2) is 7.00. The number of aliphatic carboxylic acids is 1. The summed E-state index contributed by atoms with van der Waals surface area (Å²) in [4.78, 5) is 13.5. The average Bonchev–Trinajstić information content (AvgIpc) is 3.02. The van der Waals surface area contributed by atoms with Crippen molar-refractivity contribution in [3.05, 3.63) is 29.3 Å². The average molecular weight is 374 g/mol.